The van der Waals surface area contributed by atoms with E-state index >= 15 is 0 Å². The predicted molar refractivity (Wildman–Crippen MR) is 73.0 cm³/mol. The number of para-hydroxylation sites is 1. The molecule has 1 aromatic heterocycles. The Morgan fingerprint density at radius 3 is 2.58 bits per heavy atom. The summed E-state index contributed by atoms with van der Waals surface area (Å²) in [5.41, 5.74) is 7.05. The van der Waals surface area contributed by atoms with Gasteiger partial charge in [-0.05, 0) is 11.6 Å². The van der Waals surface area contributed by atoms with Crippen LogP contribution in [-0.4, -0.2) is 16.9 Å². The fourth-order valence-corrected chi connectivity index (χ4v) is 2.08. The molecule has 0 saturated heterocycles. The zero-order valence-corrected chi connectivity index (χ0v) is 11.2. The monoisotopic (exact) mass is 288 g/mol. The van der Waals surface area contributed by atoms with Gasteiger partial charge in [0.15, 0.2) is 0 Å². The van der Waals surface area contributed by atoms with Crippen molar-refractivity contribution in [3.63, 3.8) is 0 Å². The van der Waals surface area contributed by atoms with Gasteiger partial charge in [-0.3, -0.25) is 9.36 Å². The first kappa shape index (κ1) is 15.6. The zero-order valence-electron chi connectivity index (χ0n) is 10.3. The molecule has 0 unspecified atom stereocenters. The standard InChI is InChI=1S/C13H14F2N2O.ClH/c1-8(18)17-7-10(11(16)6-13(14)15)9-4-2-3-5-12(9)17;/h2-5,7,11,13H,6,16H2,1H3;1H/t11-;/m1./s1. The van der Waals surface area contributed by atoms with Crippen LogP contribution in [0, 0.1) is 0 Å². The van der Waals surface area contributed by atoms with E-state index in [2.05, 4.69) is 0 Å². The molecule has 1 heterocycles. The highest BCUT2D eigenvalue weighted by Crippen LogP contribution is 2.28. The van der Waals surface area contributed by atoms with Gasteiger partial charge < -0.3 is 5.73 Å². The van der Waals surface area contributed by atoms with Gasteiger partial charge in [-0.15, -0.1) is 12.4 Å². The Balaban J connectivity index is 0.00000180. The van der Waals surface area contributed by atoms with Crippen LogP contribution in [-0.2, 0) is 0 Å². The number of carbonyl (C=O) groups is 1. The van der Waals surface area contributed by atoms with E-state index in [1.807, 2.05) is 0 Å². The zero-order chi connectivity index (χ0) is 13.3. The first-order valence-corrected chi connectivity index (χ1v) is 5.65. The molecule has 19 heavy (non-hydrogen) atoms. The summed E-state index contributed by atoms with van der Waals surface area (Å²) in [6, 6.07) is 6.39. The second kappa shape index (κ2) is 6.12. The Morgan fingerprint density at radius 2 is 2.00 bits per heavy atom. The molecule has 0 bridgehead atoms. The molecule has 0 fully saturated rings. The maximum atomic E-state index is 12.4. The summed E-state index contributed by atoms with van der Waals surface area (Å²) in [7, 11) is 0. The van der Waals surface area contributed by atoms with E-state index in [1.54, 1.807) is 30.5 Å². The summed E-state index contributed by atoms with van der Waals surface area (Å²) < 4.78 is 26.2. The van der Waals surface area contributed by atoms with Crippen LogP contribution in [0.2, 0.25) is 0 Å². The van der Waals surface area contributed by atoms with Crippen LogP contribution in [0.1, 0.15) is 29.7 Å². The first-order valence-electron chi connectivity index (χ1n) is 5.65. The Kier molecular flexibility index (Phi) is 5.03. The minimum absolute atomic E-state index is 0. The molecule has 1 atom stereocenters. The summed E-state index contributed by atoms with van der Waals surface area (Å²) in [5, 5.41) is 0.751. The molecule has 1 aromatic carbocycles. The van der Waals surface area contributed by atoms with Crippen molar-refractivity contribution in [1.82, 2.24) is 4.57 Å². The Labute approximate surface area is 115 Å². The lowest BCUT2D eigenvalue weighted by atomic mass is 10.0. The SMILES string of the molecule is CC(=O)n1cc([C@H](N)CC(F)F)c2ccccc21.Cl. The average molecular weight is 289 g/mol. The Morgan fingerprint density at radius 1 is 1.37 bits per heavy atom. The minimum Gasteiger partial charge on any atom is -0.324 e. The molecule has 0 saturated carbocycles. The molecule has 104 valence electrons. The van der Waals surface area contributed by atoms with Gasteiger partial charge in [-0.25, -0.2) is 8.78 Å². The smallest absolute Gasteiger partial charge is 0.240 e. The number of nitrogens with two attached hydrogens (primary N) is 1. The van der Waals surface area contributed by atoms with Gasteiger partial charge >= 0.3 is 0 Å². The fourth-order valence-electron chi connectivity index (χ4n) is 2.08. The van der Waals surface area contributed by atoms with Gasteiger partial charge in [-0.1, -0.05) is 18.2 Å². The van der Waals surface area contributed by atoms with Crippen LogP contribution in [0.5, 0.6) is 0 Å². The number of hydrogen-bond acceptors (Lipinski definition) is 2. The molecule has 0 amide bonds. The third kappa shape index (κ3) is 3.11. The molecule has 3 nitrogen and oxygen atoms in total. The van der Waals surface area contributed by atoms with Crippen molar-refractivity contribution in [3.05, 3.63) is 36.0 Å². The van der Waals surface area contributed by atoms with E-state index in [4.69, 9.17) is 5.73 Å². The molecule has 6 heteroatoms. The number of alkyl halides is 2. The second-order valence-electron chi connectivity index (χ2n) is 4.22. The van der Waals surface area contributed by atoms with Gasteiger partial charge in [0.1, 0.15) is 0 Å². The maximum Gasteiger partial charge on any atom is 0.240 e. The lowest BCUT2D eigenvalue weighted by Crippen LogP contribution is -2.13. The largest absolute Gasteiger partial charge is 0.324 e. The summed E-state index contributed by atoms with van der Waals surface area (Å²) in [6.45, 7) is 1.43. The minimum atomic E-state index is -2.46. The molecule has 0 aliphatic rings. The van der Waals surface area contributed by atoms with Crippen molar-refractivity contribution < 1.29 is 13.6 Å². The van der Waals surface area contributed by atoms with Crippen molar-refractivity contribution in [2.24, 2.45) is 5.73 Å². The number of hydrogen-bond donors (Lipinski definition) is 1. The molecule has 0 aliphatic heterocycles. The number of carbonyl (C=O) groups excluding carboxylic acids is 1. The number of halogens is 3. The third-order valence-corrected chi connectivity index (χ3v) is 2.91. The first-order chi connectivity index (χ1) is 8.50. The van der Waals surface area contributed by atoms with E-state index in [9.17, 15) is 13.6 Å². The van der Waals surface area contributed by atoms with Crippen LogP contribution < -0.4 is 5.73 Å². The van der Waals surface area contributed by atoms with Crippen molar-refractivity contribution >= 4 is 29.2 Å². The summed E-state index contributed by atoms with van der Waals surface area (Å²) in [4.78, 5) is 11.5. The third-order valence-electron chi connectivity index (χ3n) is 2.91. The van der Waals surface area contributed by atoms with Crippen molar-refractivity contribution in [1.29, 1.82) is 0 Å². The Hall–Kier alpha value is -1.46. The number of fused-ring (bicyclic) bond motifs is 1. The highest BCUT2D eigenvalue weighted by Gasteiger charge is 2.19. The predicted octanol–water partition coefficient (Wildman–Crippen LogP) is 3.38. The maximum absolute atomic E-state index is 12.4. The second-order valence-corrected chi connectivity index (χ2v) is 4.22. The van der Waals surface area contributed by atoms with E-state index in [1.165, 1.54) is 11.5 Å². The van der Waals surface area contributed by atoms with Gasteiger partial charge in [0.25, 0.3) is 0 Å². The van der Waals surface area contributed by atoms with E-state index in [0.29, 0.717) is 11.1 Å². The molecule has 0 aliphatic carbocycles. The lowest BCUT2D eigenvalue weighted by molar-refractivity contribution is 0.0941. The molecule has 0 spiro atoms. The van der Waals surface area contributed by atoms with Crippen molar-refractivity contribution in [2.75, 3.05) is 0 Å². The highest BCUT2D eigenvalue weighted by atomic mass is 35.5. The van der Waals surface area contributed by atoms with Gasteiger partial charge in [0.05, 0.1) is 5.52 Å². The quantitative estimate of drug-likeness (QED) is 0.941. The van der Waals surface area contributed by atoms with Gasteiger partial charge in [0, 0.05) is 31.0 Å². The van der Waals surface area contributed by atoms with Gasteiger partial charge in [0.2, 0.25) is 12.3 Å². The number of aromatic nitrogens is 1. The van der Waals surface area contributed by atoms with Crippen LogP contribution >= 0.6 is 12.4 Å². The normalized spacial score (nSPS) is 12.5. The molecular weight excluding hydrogens is 274 g/mol. The summed E-state index contributed by atoms with van der Waals surface area (Å²) >= 11 is 0. The summed E-state index contributed by atoms with van der Waals surface area (Å²) in [6.07, 6.45) is -1.31. The van der Waals surface area contributed by atoms with Gasteiger partial charge in [-0.2, -0.15) is 0 Å². The number of benzene rings is 1. The van der Waals surface area contributed by atoms with Crippen LogP contribution in [0.25, 0.3) is 10.9 Å². The molecule has 2 N–H and O–H groups in total. The van der Waals surface area contributed by atoms with Crippen molar-refractivity contribution in [3.8, 4) is 0 Å². The fraction of sp³-hybridized carbons (Fsp3) is 0.308. The van der Waals surface area contributed by atoms with Crippen LogP contribution in [0.15, 0.2) is 30.5 Å². The van der Waals surface area contributed by atoms with Crippen LogP contribution in [0.3, 0.4) is 0 Å². The highest BCUT2D eigenvalue weighted by molar-refractivity contribution is 5.93. The molecule has 2 aromatic rings. The van der Waals surface area contributed by atoms with E-state index in [0.717, 1.165) is 5.39 Å². The number of rotatable bonds is 3. The van der Waals surface area contributed by atoms with Crippen molar-refractivity contribution in [2.45, 2.75) is 25.8 Å². The molecule has 2 rings (SSSR count). The Bertz CT molecular complexity index is 583. The lowest BCUT2D eigenvalue weighted by Gasteiger charge is -2.09. The van der Waals surface area contributed by atoms with Crippen LogP contribution in [0.4, 0.5) is 8.78 Å². The molecule has 0 radical (unpaired) electrons. The topological polar surface area (TPSA) is 48.0 Å². The number of nitrogens with zero attached hydrogens (tertiary/aromatic N) is 1. The van der Waals surface area contributed by atoms with E-state index < -0.39 is 18.9 Å². The summed E-state index contributed by atoms with van der Waals surface area (Å²) in [5.74, 6) is -0.165. The average Bonchev–Trinajstić information content (AvgIpc) is 2.67. The molecular formula is C13H15ClF2N2O. The van der Waals surface area contributed by atoms with E-state index in [-0.39, 0.29) is 18.3 Å².